The quantitative estimate of drug-likeness (QED) is 0.782. The van der Waals surface area contributed by atoms with Crippen molar-refractivity contribution in [3.8, 4) is 11.8 Å². The van der Waals surface area contributed by atoms with Gasteiger partial charge in [0, 0.05) is 5.02 Å². The lowest BCUT2D eigenvalue weighted by Gasteiger charge is -2.14. The van der Waals surface area contributed by atoms with Gasteiger partial charge in [-0.1, -0.05) is 25.4 Å². The Balaban J connectivity index is 3.35. The molecule has 0 spiro atoms. The summed E-state index contributed by atoms with van der Waals surface area (Å²) in [6, 6.07) is 5.60. The summed E-state index contributed by atoms with van der Waals surface area (Å²) in [5, 5.41) is 9.57. The molecule has 0 aliphatic heterocycles. The minimum absolute atomic E-state index is 0.289. The van der Waals surface area contributed by atoms with Crippen LogP contribution in [0.5, 0.6) is 5.75 Å². The van der Waals surface area contributed by atoms with Crippen LogP contribution in [0.15, 0.2) is 12.1 Å². The first kappa shape index (κ1) is 11.9. The second-order valence-electron chi connectivity index (χ2n) is 3.57. The lowest BCUT2D eigenvalue weighted by atomic mass is 9.99. The third-order valence-electron chi connectivity index (χ3n) is 2.11. The monoisotopic (exact) mass is 223 g/mol. The van der Waals surface area contributed by atoms with Gasteiger partial charge in [-0.05, 0) is 30.5 Å². The summed E-state index contributed by atoms with van der Waals surface area (Å²) in [5.41, 5.74) is 1.49. The molecule has 0 aromatic heterocycles. The molecule has 1 rings (SSSR count). The predicted molar refractivity (Wildman–Crippen MR) is 61.4 cm³/mol. The minimum atomic E-state index is 0.289. The number of benzene rings is 1. The summed E-state index contributed by atoms with van der Waals surface area (Å²) in [6.07, 6.45) is 0. The van der Waals surface area contributed by atoms with Crippen molar-refractivity contribution in [1.82, 2.24) is 0 Å². The van der Waals surface area contributed by atoms with Gasteiger partial charge in [0.1, 0.15) is 11.8 Å². The van der Waals surface area contributed by atoms with Gasteiger partial charge in [0.25, 0.3) is 0 Å². The Bertz CT molecular complexity index is 393. The van der Waals surface area contributed by atoms with Crippen LogP contribution in [0.25, 0.3) is 0 Å². The first-order chi connectivity index (χ1) is 7.10. The average Bonchev–Trinajstić information content (AvgIpc) is 2.19. The maximum absolute atomic E-state index is 8.99. The highest BCUT2D eigenvalue weighted by Gasteiger charge is 2.13. The fourth-order valence-corrected chi connectivity index (χ4v) is 1.66. The molecule has 0 saturated heterocycles. The van der Waals surface area contributed by atoms with Crippen molar-refractivity contribution in [2.75, 3.05) is 6.61 Å². The van der Waals surface area contributed by atoms with Crippen molar-refractivity contribution in [3.05, 3.63) is 28.3 Å². The Labute approximate surface area is 95.4 Å². The lowest BCUT2D eigenvalue weighted by Crippen LogP contribution is -2.01. The highest BCUT2D eigenvalue weighted by Crippen LogP contribution is 2.33. The van der Waals surface area contributed by atoms with Crippen LogP contribution < -0.4 is 4.74 Å². The van der Waals surface area contributed by atoms with E-state index in [2.05, 4.69) is 19.9 Å². The first-order valence-corrected chi connectivity index (χ1v) is 5.34. The Morgan fingerprint density at radius 3 is 2.60 bits per heavy atom. The second kappa shape index (κ2) is 5.04. The van der Waals surface area contributed by atoms with Crippen LogP contribution in [0.2, 0.25) is 5.02 Å². The topological polar surface area (TPSA) is 33.0 Å². The van der Waals surface area contributed by atoms with Crippen LogP contribution >= 0.6 is 11.6 Å². The van der Waals surface area contributed by atoms with Crippen molar-refractivity contribution in [2.45, 2.75) is 26.7 Å². The Morgan fingerprint density at radius 2 is 2.13 bits per heavy atom. The molecule has 80 valence electrons. The molecule has 0 aliphatic rings. The molecular formula is C12H14ClNO. The standard InChI is InChI=1S/C12H14ClNO/c1-4-15-12-9(7-14)5-10(13)6-11(12)8(2)3/h5-6,8H,4H2,1-3H3. The van der Waals surface area contributed by atoms with Gasteiger partial charge in [0.05, 0.1) is 12.2 Å². The molecule has 2 nitrogen and oxygen atoms in total. The summed E-state index contributed by atoms with van der Waals surface area (Å²) < 4.78 is 5.49. The molecule has 0 atom stereocenters. The van der Waals surface area contributed by atoms with Crippen LogP contribution in [0.3, 0.4) is 0 Å². The number of nitrogens with zero attached hydrogens (tertiary/aromatic N) is 1. The number of hydrogen-bond acceptors (Lipinski definition) is 2. The normalized spacial score (nSPS) is 10.1. The minimum Gasteiger partial charge on any atom is -0.492 e. The van der Waals surface area contributed by atoms with E-state index in [1.165, 1.54) is 0 Å². The molecule has 3 heteroatoms. The van der Waals surface area contributed by atoms with Crippen molar-refractivity contribution in [3.63, 3.8) is 0 Å². The van der Waals surface area contributed by atoms with Gasteiger partial charge in [0.15, 0.2) is 0 Å². The zero-order valence-corrected chi connectivity index (χ0v) is 9.93. The number of hydrogen-bond donors (Lipinski definition) is 0. The molecule has 0 radical (unpaired) electrons. The molecular weight excluding hydrogens is 210 g/mol. The van der Waals surface area contributed by atoms with Crippen LogP contribution in [-0.2, 0) is 0 Å². The Hall–Kier alpha value is -1.20. The largest absolute Gasteiger partial charge is 0.492 e. The van der Waals surface area contributed by atoms with Gasteiger partial charge < -0.3 is 4.74 Å². The molecule has 0 aliphatic carbocycles. The molecule has 0 unspecified atom stereocenters. The van der Waals surface area contributed by atoms with Crippen molar-refractivity contribution in [2.24, 2.45) is 0 Å². The number of ether oxygens (including phenoxy) is 1. The summed E-state index contributed by atoms with van der Waals surface area (Å²) in [5.74, 6) is 0.955. The Kier molecular flexibility index (Phi) is 3.99. The highest BCUT2D eigenvalue weighted by molar-refractivity contribution is 6.30. The molecule has 0 N–H and O–H groups in total. The summed E-state index contributed by atoms with van der Waals surface area (Å²) >= 11 is 5.94. The highest BCUT2D eigenvalue weighted by atomic mass is 35.5. The van der Waals surface area contributed by atoms with Gasteiger partial charge in [-0.25, -0.2) is 0 Å². The van der Waals surface area contributed by atoms with E-state index in [4.69, 9.17) is 21.6 Å². The van der Waals surface area contributed by atoms with E-state index in [1.807, 2.05) is 13.0 Å². The summed E-state index contributed by atoms with van der Waals surface area (Å²) in [4.78, 5) is 0. The van der Waals surface area contributed by atoms with Gasteiger partial charge in [-0.3, -0.25) is 0 Å². The molecule has 0 bridgehead atoms. The van der Waals surface area contributed by atoms with Gasteiger partial charge in [-0.15, -0.1) is 0 Å². The molecule has 1 aromatic rings. The van der Waals surface area contributed by atoms with E-state index in [-0.39, 0.29) is 5.92 Å². The third kappa shape index (κ3) is 2.64. The van der Waals surface area contributed by atoms with E-state index in [1.54, 1.807) is 6.07 Å². The van der Waals surface area contributed by atoms with E-state index in [9.17, 15) is 0 Å². The van der Waals surface area contributed by atoms with E-state index in [0.717, 1.165) is 5.56 Å². The van der Waals surface area contributed by atoms with Crippen LogP contribution in [0.4, 0.5) is 0 Å². The number of halogens is 1. The molecule has 0 amide bonds. The van der Waals surface area contributed by atoms with Gasteiger partial charge >= 0.3 is 0 Å². The second-order valence-corrected chi connectivity index (χ2v) is 4.01. The third-order valence-corrected chi connectivity index (χ3v) is 2.33. The van der Waals surface area contributed by atoms with E-state index in [0.29, 0.717) is 22.9 Å². The maximum Gasteiger partial charge on any atom is 0.140 e. The predicted octanol–water partition coefficient (Wildman–Crippen LogP) is 3.73. The molecule has 0 fully saturated rings. The summed E-state index contributed by atoms with van der Waals surface area (Å²) in [6.45, 7) is 6.56. The maximum atomic E-state index is 8.99. The lowest BCUT2D eigenvalue weighted by molar-refractivity contribution is 0.334. The van der Waals surface area contributed by atoms with Crippen molar-refractivity contribution in [1.29, 1.82) is 5.26 Å². The van der Waals surface area contributed by atoms with Crippen molar-refractivity contribution >= 4 is 11.6 Å². The SMILES string of the molecule is CCOc1c(C#N)cc(Cl)cc1C(C)C. The molecule has 0 saturated carbocycles. The zero-order valence-electron chi connectivity index (χ0n) is 9.17. The smallest absolute Gasteiger partial charge is 0.140 e. The molecule has 0 heterocycles. The fraction of sp³-hybridized carbons (Fsp3) is 0.417. The van der Waals surface area contributed by atoms with Crippen LogP contribution in [0, 0.1) is 11.3 Å². The zero-order chi connectivity index (χ0) is 11.4. The molecule has 1 aromatic carbocycles. The number of nitriles is 1. The van der Waals surface area contributed by atoms with Crippen molar-refractivity contribution < 1.29 is 4.74 Å². The average molecular weight is 224 g/mol. The van der Waals surface area contributed by atoms with E-state index < -0.39 is 0 Å². The van der Waals surface area contributed by atoms with Gasteiger partial charge in [-0.2, -0.15) is 5.26 Å². The fourth-order valence-electron chi connectivity index (χ4n) is 1.43. The number of rotatable bonds is 3. The summed E-state index contributed by atoms with van der Waals surface area (Å²) in [7, 11) is 0. The molecule has 15 heavy (non-hydrogen) atoms. The van der Waals surface area contributed by atoms with Crippen LogP contribution in [-0.4, -0.2) is 6.61 Å². The van der Waals surface area contributed by atoms with Gasteiger partial charge in [0.2, 0.25) is 0 Å². The Morgan fingerprint density at radius 1 is 1.47 bits per heavy atom. The first-order valence-electron chi connectivity index (χ1n) is 4.96. The van der Waals surface area contributed by atoms with Crippen LogP contribution in [0.1, 0.15) is 37.8 Å². The van der Waals surface area contributed by atoms with E-state index >= 15 is 0 Å².